The second-order valence-corrected chi connectivity index (χ2v) is 3.83. The third kappa shape index (κ3) is 1.70. The van der Waals surface area contributed by atoms with Gasteiger partial charge in [-0.05, 0) is 24.4 Å². The molecule has 76 valence electrons. The molecular formula is C9H8ClN5. The lowest BCUT2D eigenvalue weighted by molar-refractivity contribution is 1.08. The van der Waals surface area contributed by atoms with Gasteiger partial charge >= 0.3 is 0 Å². The Bertz CT molecular complexity index is 511. The van der Waals surface area contributed by atoms with Crippen molar-refractivity contribution in [1.29, 1.82) is 0 Å². The van der Waals surface area contributed by atoms with Gasteiger partial charge < -0.3 is 5.32 Å². The molecule has 0 amide bonds. The van der Waals surface area contributed by atoms with Crippen molar-refractivity contribution in [3.8, 4) is 0 Å². The van der Waals surface area contributed by atoms with E-state index in [9.17, 15) is 0 Å². The van der Waals surface area contributed by atoms with Crippen LogP contribution in [-0.4, -0.2) is 26.0 Å². The van der Waals surface area contributed by atoms with Crippen LogP contribution in [0.15, 0.2) is 12.4 Å². The zero-order valence-electron chi connectivity index (χ0n) is 7.81. The number of anilines is 1. The Balaban J connectivity index is 2.16. The zero-order chi connectivity index (χ0) is 10.3. The molecule has 0 saturated heterocycles. The molecule has 1 N–H and O–H groups in total. The van der Waals surface area contributed by atoms with Gasteiger partial charge in [-0.15, -0.1) is 0 Å². The third-order valence-corrected chi connectivity index (χ3v) is 2.39. The number of hydrogen-bond donors (Lipinski definition) is 1. The summed E-state index contributed by atoms with van der Waals surface area (Å²) in [6.07, 6.45) is 5.55. The first kappa shape index (κ1) is 8.79. The number of nitrogens with one attached hydrogen (secondary N) is 1. The lowest BCUT2D eigenvalue weighted by atomic mass is 10.4. The quantitative estimate of drug-likeness (QED) is 0.782. The summed E-state index contributed by atoms with van der Waals surface area (Å²) in [6.45, 7) is 0. The van der Waals surface area contributed by atoms with Crippen LogP contribution in [0.5, 0.6) is 0 Å². The highest BCUT2D eigenvalue weighted by Crippen LogP contribution is 2.26. The van der Waals surface area contributed by atoms with Crippen LogP contribution in [0, 0.1) is 0 Å². The summed E-state index contributed by atoms with van der Waals surface area (Å²) in [7, 11) is 0. The van der Waals surface area contributed by atoms with E-state index in [0.29, 0.717) is 23.0 Å². The number of hydrogen-bond acceptors (Lipinski definition) is 5. The third-order valence-electron chi connectivity index (χ3n) is 2.22. The molecule has 2 aromatic rings. The van der Waals surface area contributed by atoms with Gasteiger partial charge in [0.05, 0.1) is 0 Å². The maximum absolute atomic E-state index is 5.80. The van der Waals surface area contributed by atoms with Gasteiger partial charge in [0.15, 0.2) is 17.0 Å². The van der Waals surface area contributed by atoms with Crippen molar-refractivity contribution in [1.82, 2.24) is 19.9 Å². The summed E-state index contributed by atoms with van der Waals surface area (Å²) in [6, 6.07) is 0.501. The Morgan fingerprint density at radius 2 is 2.00 bits per heavy atom. The van der Waals surface area contributed by atoms with E-state index in [4.69, 9.17) is 11.6 Å². The topological polar surface area (TPSA) is 63.6 Å². The second-order valence-electron chi connectivity index (χ2n) is 3.49. The van der Waals surface area contributed by atoms with Crippen molar-refractivity contribution in [3.05, 3.63) is 17.7 Å². The number of nitrogens with zero attached hydrogens (tertiary/aromatic N) is 4. The summed E-state index contributed by atoms with van der Waals surface area (Å²) < 4.78 is 0. The van der Waals surface area contributed by atoms with E-state index in [1.807, 2.05) is 0 Å². The van der Waals surface area contributed by atoms with Crippen LogP contribution in [0.25, 0.3) is 11.2 Å². The van der Waals surface area contributed by atoms with E-state index in [-0.39, 0.29) is 5.28 Å². The molecule has 0 bridgehead atoms. The Morgan fingerprint density at radius 1 is 1.20 bits per heavy atom. The molecule has 1 aliphatic carbocycles. The van der Waals surface area contributed by atoms with Crippen LogP contribution in [0.2, 0.25) is 5.28 Å². The minimum Gasteiger partial charge on any atom is -0.365 e. The summed E-state index contributed by atoms with van der Waals surface area (Å²) in [4.78, 5) is 16.4. The number of halogens is 1. The van der Waals surface area contributed by atoms with Crippen LogP contribution < -0.4 is 5.32 Å². The van der Waals surface area contributed by atoms with Gasteiger partial charge in [0.1, 0.15) is 0 Å². The average molecular weight is 222 g/mol. The Morgan fingerprint density at radius 3 is 2.80 bits per heavy atom. The van der Waals surface area contributed by atoms with Crippen LogP contribution in [-0.2, 0) is 0 Å². The molecule has 2 heterocycles. The maximum atomic E-state index is 5.80. The highest BCUT2D eigenvalue weighted by Gasteiger charge is 2.23. The minimum atomic E-state index is 0.200. The first-order valence-electron chi connectivity index (χ1n) is 4.74. The summed E-state index contributed by atoms with van der Waals surface area (Å²) in [5.74, 6) is 0.681. The van der Waals surface area contributed by atoms with Crippen LogP contribution in [0.1, 0.15) is 12.8 Å². The lowest BCUT2D eigenvalue weighted by Crippen LogP contribution is -2.06. The fraction of sp³-hybridized carbons (Fsp3) is 0.333. The Hall–Kier alpha value is -1.49. The van der Waals surface area contributed by atoms with Crippen LogP contribution in [0.3, 0.4) is 0 Å². The molecule has 3 rings (SSSR count). The van der Waals surface area contributed by atoms with Gasteiger partial charge in [-0.2, -0.15) is 9.97 Å². The zero-order valence-corrected chi connectivity index (χ0v) is 8.57. The predicted molar refractivity (Wildman–Crippen MR) is 56.8 cm³/mol. The van der Waals surface area contributed by atoms with Crippen molar-refractivity contribution in [2.45, 2.75) is 18.9 Å². The second kappa shape index (κ2) is 3.27. The van der Waals surface area contributed by atoms with Crippen molar-refractivity contribution in [2.75, 3.05) is 5.32 Å². The normalized spacial score (nSPS) is 15.5. The van der Waals surface area contributed by atoms with E-state index in [2.05, 4.69) is 25.3 Å². The standard InChI is InChI=1S/C9H8ClN5/c10-9-14-7-6(11-3-4-12-7)8(15-9)13-5-1-2-5/h3-5H,1-2H2,(H,12,13,14,15). The molecule has 5 nitrogen and oxygen atoms in total. The average Bonchev–Trinajstić information content (AvgIpc) is 3.01. The highest BCUT2D eigenvalue weighted by atomic mass is 35.5. The molecule has 0 radical (unpaired) electrons. The monoisotopic (exact) mass is 221 g/mol. The van der Waals surface area contributed by atoms with Gasteiger partial charge in [0.25, 0.3) is 0 Å². The first-order valence-corrected chi connectivity index (χ1v) is 5.11. The van der Waals surface area contributed by atoms with E-state index in [1.165, 1.54) is 12.8 Å². The van der Waals surface area contributed by atoms with Crippen LogP contribution in [0.4, 0.5) is 5.82 Å². The summed E-state index contributed by atoms with van der Waals surface area (Å²) in [5.41, 5.74) is 1.20. The van der Waals surface area contributed by atoms with Crippen LogP contribution >= 0.6 is 11.6 Å². The van der Waals surface area contributed by atoms with E-state index >= 15 is 0 Å². The van der Waals surface area contributed by atoms with Gasteiger partial charge in [0, 0.05) is 18.4 Å². The molecule has 15 heavy (non-hydrogen) atoms. The minimum absolute atomic E-state index is 0.200. The molecule has 1 fully saturated rings. The van der Waals surface area contributed by atoms with Crippen molar-refractivity contribution in [3.63, 3.8) is 0 Å². The molecule has 0 atom stereocenters. The molecule has 2 aromatic heterocycles. The molecule has 1 saturated carbocycles. The predicted octanol–water partition coefficient (Wildman–Crippen LogP) is 1.65. The molecule has 0 aliphatic heterocycles. The SMILES string of the molecule is Clc1nc(NC2CC2)c2nccnc2n1. The molecule has 0 unspecified atom stereocenters. The van der Waals surface area contributed by atoms with E-state index in [1.54, 1.807) is 12.4 Å². The van der Waals surface area contributed by atoms with Gasteiger partial charge in [-0.3, -0.25) is 0 Å². The number of fused-ring (bicyclic) bond motifs is 1. The Labute approximate surface area is 90.9 Å². The molecular weight excluding hydrogens is 214 g/mol. The van der Waals surface area contributed by atoms with Crippen molar-refractivity contribution >= 4 is 28.6 Å². The highest BCUT2D eigenvalue weighted by molar-refractivity contribution is 6.28. The first-order chi connectivity index (χ1) is 7.33. The smallest absolute Gasteiger partial charge is 0.226 e. The number of aromatic nitrogens is 4. The molecule has 0 aromatic carbocycles. The molecule has 6 heteroatoms. The molecule has 1 aliphatic rings. The Kier molecular flexibility index (Phi) is 1.92. The summed E-state index contributed by atoms with van der Waals surface area (Å²) >= 11 is 5.80. The van der Waals surface area contributed by atoms with Crippen molar-refractivity contribution in [2.24, 2.45) is 0 Å². The van der Waals surface area contributed by atoms with Gasteiger partial charge in [-0.25, -0.2) is 9.97 Å². The summed E-state index contributed by atoms with van der Waals surface area (Å²) in [5, 5.41) is 3.46. The van der Waals surface area contributed by atoms with E-state index in [0.717, 1.165) is 0 Å². The fourth-order valence-corrected chi connectivity index (χ4v) is 1.52. The van der Waals surface area contributed by atoms with Crippen molar-refractivity contribution < 1.29 is 0 Å². The maximum Gasteiger partial charge on any atom is 0.226 e. The van der Waals surface area contributed by atoms with E-state index < -0.39 is 0 Å². The lowest BCUT2D eigenvalue weighted by Gasteiger charge is -2.05. The fourth-order valence-electron chi connectivity index (χ4n) is 1.36. The number of rotatable bonds is 2. The van der Waals surface area contributed by atoms with Gasteiger partial charge in [0.2, 0.25) is 5.28 Å². The van der Waals surface area contributed by atoms with Gasteiger partial charge in [-0.1, -0.05) is 0 Å². The molecule has 0 spiro atoms. The largest absolute Gasteiger partial charge is 0.365 e.